The average Bonchev–Trinajstić information content (AvgIpc) is 2.67. The molecule has 3 rings (SSSR count). The summed E-state index contributed by atoms with van der Waals surface area (Å²) in [6.07, 6.45) is 1.33. The molecular formula is C19H13Cl2N3O5. The van der Waals surface area contributed by atoms with Crippen molar-refractivity contribution in [2.75, 3.05) is 11.5 Å². The highest BCUT2D eigenvalue weighted by Crippen LogP contribution is 2.29. The third kappa shape index (κ3) is 4.56. The van der Waals surface area contributed by atoms with Crippen molar-refractivity contribution in [2.45, 2.75) is 0 Å². The summed E-state index contributed by atoms with van der Waals surface area (Å²) in [5.74, 6) is -1.87. The number of urea groups is 1. The number of nitrogens with one attached hydrogen (secondary N) is 1. The molecule has 0 aromatic heterocycles. The van der Waals surface area contributed by atoms with Gasteiger partial charge in [0.1, 0.15) is 11.3 Å². The van der Waals surface area contributed by atoms with Gasteiger partial charge in [-0.1, -0.05) is 35.3 Å². The van der Waals surface area contributed by atoms with Gasteiger partial charge in [-0.15, -0.1) is 0 Å². The number of benzene rings is 2. The van der Waals surface area contributed by atoms with Crippen molar-refractivity contribution >= 4 is 58.7 Å². The Balaban J connectivity index is 1.88. The molecule has 1 aliphatic heterocycles. The zero-order valence-corrected chi connectivity index (χ0v) is 16.2. The Morgan fingerprint density at radius 3 is 2.38 bits per heavy atom. The van der Waals surface area contributed by atoms with Crippen LogP contribution in [0.3, 0.4) is 0 Å². The van der Waals surface area contributed by atoms with Crippen LogP contribution < -0.4 is 20.7 Å². The van der Waals surface area contributed by atoms with Gasteiger partial charge in [0.05, 0.1) is 15.7 Å². The van der Waals surface area contributed by atoms with Crippen molar-refractivity contribution < 1.29 is 23.9 Å². The van der Waals surface area contributed by atoms with Gasteiger partial charge >= 0.3 is 6.03 Å². The van der Waals surface area contributed by atoms with Crippen LogP contribution in [0.5, 0.6) is 5.75 Å². The smallest absolute Gasteiger partial charge is 0.335 e. The van der Waals surface area contributed by atoms with E-state index in [1.165, 1.54) is 24.3 Å². The van der Waals surface area contributed by atoms with Gasteiger partial charge in [-0.25, -0.2) is 9.69 Å². The highest BCUT2D eigenvalue weighted by atomic mass is 35.5. The second kappa shape index (κ2) is 8.34. The monoisotopic (exact) mass is 433 g/mol. The van der Waals surface area contributed by atoms with Crippen molar-refractivity contribution in [1.82, 2.24) is 5.32 Å². The number of rotatable bonds is 5. The van der Waals surface area contributed by atoms with Crippen LogP contribution >= 0.6 is 23.2 Å². The molecule has 0 atom stereocenters. The minimum absolute atomic E-state index is 0.152. The summed E-state index contributed by atoms with van der Waals surface area (Å²) in [7, 11) is 0. The van der Waals surface area contributed by atoms with E-state index in [0.717, 1.165) is 4.90 Å². The van der Waals surface area contributed by atoms with E-state index in [1.807, 2.05) is 0 Å². The van der Waals surface area contributed by atoms with Crippen LogP contribution in [0.25, 0.3) is 6.08 Å². The summed E-state index contributed by atoms with van der Waals surface area (Å²) in [5.41, 5.74) is 5.42. The number of amides is 5. The maximum Gasteiger partial charge on any atom is 0.335 e. The molecule has 0 radical (unpaired) electrons. The van der Waals surface area contributed by atoms with E-state index in [2.05, 4.69) is 5.32 Å². The van der Waals surface area contributed by atoms with E-state index < -0.39 is 23.8 Å². The molecule has 8 nitrogen and oxygen atoms in total. The van der Waals surface area contributed by atoms with Crippen LogP contribution in [-0.4, -0.2) is 30.4 Å². The molecule has 0 bridgehead atoms. The zero-order chi connectivity index (χ0) is 21.1. The molecule has 1 saturated heterocycles. The number of carbonyl (C=O) groups is 4. The summed E-state index contributed by atoms with van der Waals surface area (Å²) in [5, 5.41) is 2.52. The molecule has 148 valence electrons. The highest BCUT2D eigenvalue weighted by Gasteiger charge is 2.37. The number of hydrogen-bond donors (Lipinski definition) is 2. The summed E-state index contributed by atoms with van der Waals surface area (Å²) < 4.78 is 5.15. The van der Waals surface area contributed by atoms with Gasteiger partial charge in [0, 0.05) is 0 Å². The number of nitrogens with zero attached hydrogens (tertiary/aromatic N) is 1. The molecule has 0 unspecified atom stereocenters. The molecule has 29 heavy (non-hydrogen) atoms. The lowest BCUT2D eigenvalue weighted by molar-refractivity contribution is -0.123. The number of primary amides is 1. The molecule has 0 saturated carbocycles. The van der Waals surface area contributed by atoms with E-state index >= 15 is 0 Å². The number of nitrogens with two attached hydrogens (primary N) is 1. The molecule has 1 heterocycles. The Labute approximate surface area is 174 Å². The van der Waals surface area contributed by atoms with Crippen LogP contribution in [0.4, 0.5) is 10.5 Å². The van der Waals surface area contributed by atoms with Gasteiger partial charge in [-0.2, -0.15) is 0 Å². The minimum atomic E-state index is -0.897. The first kappa shape index (κ1) is 20.4. The number of ether oxygens (including phenoxy) is 1. The van der Waals surface area contributed by atoms with Crippen molar-refractivity contribution in [2.24, 2.45) is 5.73 Å². The molecule has 2 aromatic carbocycles. The third-order valence-electron chi connectivity index (χ3n) is 3.84. The summed E-state index contributed by atoms with van der Waals surface area (Å²) >= 11 is 11.8. The first-order chi connectivity index (χ1) is 13.8. The van der Waals surface area contributed by atoms with Crippen molar-refractivity contribution in [3.05, 3.63) is 63.6 Å². The summed E-state index contributed by atoms with van der Waals surface area (Å²) in [6.45, 7) is -0.276. The summed E-state index contributed by atoms with van der Waals surface area (Å²) in [6, 6.07) is 9.55. The summed E-state index contributed by atoms with van der Waals surface area (Å²) in [4.78, 5) is 48.7. The van der Waals surface area contributed by atoms with E-state index in [1.54, 1.807) is 24.3 Å². The first-order valence-electron chi connectivity index (χ1n) is 8.14. The van der Waals surface area contributed by atoms with Crippen LogP contribution in [0.2, 0.25) is 10.0 Å². The number of carbonyl (C=O) groups excluding carboxylic acids is 4. The van der Waals surface area contributed by atoms with Gasteiger partial charge in [0.15, 0.2) is 6.61 Å². The highest BCUT2D eigenvalue weighted by molar-refractivity contribution is 6.43. The van der Waals surface area contributed by atoms with E-state index in [4.69, 9.17) is 33.7 Å². The lowest BCUT2D eigenvalue weighted by Crippen LogP contribution is -2.54. The predicted octanol–water partition coefficient (Wildman–Crippen LogP) is 2.52. The maximum atomic E-state index is 12.8. The zero-order valence-electron chi connectivity index (χ0n) is 14.6. The van der Waals surface area contributed by atoms with Gasteiger partial charge in [-0.3, -0.25) is 19.7 Å². The standard InChI is InChI=1S/C19H13Cl2N3O5/c20-14-6-3-11(8-15(14)21)24-18(27)13(17(26)23-19(24)28)7-10-1-4-12(5-2-10)29-9-16(22)25/h1-8H,9H2,(H2,22,25)(H,23,26,28)/b13-7+. The Morgan fingerprint density at radius 2 is 1.76 bits per heavy atom. The third-order valence-corrected chi connectivity index (χ3v) is 4.57. The number of halogens is 2. The molecule has 0 aliphatic carbocycles. The molecule has 0 spiro atoms. The minimum Gasteiger partial charge on any atom is -0.484 e. The average molecular weight is 434 g/mol. The topological polar surface area (TPSA) is 119 Å². The predicted molar refractivity (Wildman–Crippen MR) is 107 cm³/mol. The number of hydrogen-bond acceptors (Lipinski definition) is 5. The van der Waals surface area contributed by atoms with Gasteiger partial charge in [0.25, 0.3) is 17.7 Å². The SMILES string of the molecule is NC(=O)COc1ccc(/C=C2\C(=O)NC(=O)N(c3ccc(Cl)c(Cl)c3)C2=O)cc1. The van der Waals surface area contributed by atoms with Gasteiger partial charge in [0.2, 0.25) is 0 Å². The van der Waals surface area contributed by atoms with E-state index in [9.17, 15) is 19.2 Å². The Kier molecular flexibility index (Phi) is 5.86. The normalized spacial score (nSPS) is 15.4. The van der Waals surface area contributed by atoms with Crippen molar-refractivity contribution in [3.8, 4) is 5.75 Å². The molecular weight excluding hydrogens is 421 g/mol. The van der Waals surface area contributed by atoms with Crippen LogP contribution in [-0.2, 0) is 14.4 Å². The van der Waals surface area contributed by atoms with Gasteiger partial charge < -0.3 is 10.5 Å². The number of anilines is 1. The first-order valence-corrected chi connectivity index (χ1v) is 8.89. The second-order valence-electron chi connectivity index (χ2n) is 5.88. The number of barbiturate groups is 1. The van der Waals surface area contributed by atoms with Crippen molar-refractivity contribution in [3.63, 3.8) is 0 Å². The van der Waals surface area contributed by atoms with Crippen LogP contribution in [0, 0.1) is 0 Å². The van der Waals surface area contributed by atoms with Gasteiger partial charge in [-0.05, 0) is 42.0 Å². The van der Waals surface area contributed by atoms with E-state index in [0.29, 0.717) is 11.3 Å². The quantitative estimate of drug-likeness (QED) is 0.554. The fourth-order valence-electron chi connectivity index (χ4n) is 2.50. The Hall–Kier alpha value is -3.36. The second-order valence-corrected chi connectivity index (χ2v) is 6.69. The Morgan fingerprint density at radius 1 is 1.07 bits per heavy atom. The largest absolute Gasteiger partial charge is 0.484 e. The fraction of sp³-hybridized carbons (Fsp3) is 0.0526. The van der Waals surface area contributed by atoms with Crippen LogP contribution in [0.15, 0.2) is 48.0 Å². The molecule has 2 aromatic rings. The lowest BCUT2D eigenvalue weighted by Gasteiger charge is -2.26. The molecule has 10 heteroatoms. The molecule has 1 fully saturated rings. The maximum absolute atomic E-state index is 12.8. The van der Waals surface area contributed by atoms with Crippen molar-refractivity contribution in [1.29, 1.82) is 0 Å². The van der Waals surface area contributed by atoms with E-state index in [-0.39, 0.29) is 27.9 Å². The fourth-order valence-corrected chi connectivity index (χ4v) is 2.79. The lowest BCUT2D eigenvalue weighted by atomic mass is 10.1. The Bertz CT molecular complexity index is 1050. The molecule has 1 aliphatic rings. The molecule has 5 amide bonds. The molecule has 3 N–H and O–H groups in total. The number of imide groups is 2. The van der Waals surface area contributed by atoms with Crippen LogP contribution in [0.1, 0.15) is 5.56 Å².